The Morgan fingerprint density at radius 2 is 1.95 bits per heavy atom. The smallest absolute Gasteiger partial charge is 0.197 e. The number of aryl methyl sites for hydroxylation is 1. The summed E-state index contributed by atoms with van der Waals surface area (Å²) in [7, 11) is 0. The Hall–Kier alpha value is -2.24. The summed E-state index contributed by atoms with van der Waals surface area (Å²) < 4.78 is 2.40. The van der Waals surface area contributed by atoms with Crippen molar-refractivity contribution < 1.29 is 0 Å². The number of halogens is 1. The lowest BCUT2D eigenvalue weighted by atomic mass is 10.1. The van der Waals surface area contributed by atoms with Crippen LogP contribution in [0, 0.1) is 11.7 Å². The summed E-state index contributed by atoms with van der Waals surface area (Å²) >= 11 is 11.4. The van der Waals surface area contributed by atoms with E-state index in [0.29, 0.717) is 15.5 Å². The van der Waals surface area contributed by atoms with Crippen molar-refractivity contribution in [2.45, 2.75) is 6.92 Å². The van der Waals surface area contributed by atoms with Gasteiger partial charge in [-0.1, -0.05) is 29.8 Å². The SMILES string of the molecule is Cc1[nH]c(=S)n(Nc2cccc(Cl)c2)c1-c1cccc(N)c1. The van der Waals surface area contributed by atoms with Crippen molar-refractivity contribution >= 4 is 35.2 Å². The lowest BCUT2D eigenvalue weighted by Gasteiger charge is -2.13. The van der Waals surface area contributed by atoms with E-state index in [1.807, 2.05) is 60.1 Å². The number of aromatic amines is 1. The maximum Gasteiger partial charge on any atom is 0.197 e. The van der Waals surface area contributed by atoms with Crippen LogP contribution in [-0.2, 0) is 0 Å². The zero-order chi connectivity index (χ0) is 15.7. The van der Waals surface area contributed by atoms with Crippen LogP contribution in [0.1, 0.15) is 5.69 Å². The highest BCUT2D eigenvalue weighted by Gasteiger charge is 2.12. The molecule has 112 valence electrons. The third-order valence-electron chi connectivity index (χ3n) is 3.30. The molecule has 0 saturated heterocycles. The molecule has 2 aromatic carbocycles. The van der Waals surface area contributed by atoms with E-state index in [0.717, 1.165) is 22.6 Å². The lowest BCUT2D eigenvalue weighted by molar-refractivity contribution is 0.942. The second kappa shape index (κ2) is 5.87. The van der Waals surface area contributed by atoms with Crippen molar-refractivity contribution in [1.29, 1.82) is 0 Å². The molecule has 3 aromatic rings. The molecule has 3 rings (SSSR count). The van der Waals surface area contributed by atoms with Crippen LogP contribution in [0.15, 0.2) is 48.5 Å². The highest BCUT2D eigenvalue weighted by molar-refractivity contribution is 7.71. The number of anilines is 2. The molecule has 4 nitrogen and oxygen atoms in total. The molecule has 0 radical (unpaired) electrons. The van der Waals surface area contributed by atoms with Gasteiger partial charge < -0.3 is 10.7 Å². The number of imidazole rings is 1. The van der Waals surface area contributed by atoms with Crippen molar-refractivity contribution in [1.82, 2.24) is 9.66 Å². The van der Waals surface area contributed by atoms with Gasteiger partial charge in [-0.15, -0.1) is 0 Å². The van der Waals surface area contributed by atoms with Gasteiger partial charge in [0, 0.05) is 22.0 Å². The molecule has 0 unspecified atom stereocenters. The highest BCUT2D eigenvalue weighted by atomic mass is 35.5. The molecule has 0 saturated carbocycles. The van der Waals surface area contributed by atoms with E-state index in [1.165, 1.54) is 0 Å². The van der Waals surface area contributed by atoms with Crippen molar-refractivity contribution in [3.63, 3.8) is 0 Å². The molecule has 0 atom stereocenters. The molecule has 6 heteroatoms. The van der Waals surface area contributed by atoms with E-state index in [9.17, 15) is 0 Å². The summed E-state index contributed by atoms with van der Waals surface area (Å²) in [6, 6.07) is 15.2. The summed E-state index contributed by atoms with van der Waals surface area (Å²) in [5.74, 6) is 0. The average molecular weight is 331 g/mol. The van der Waals surface area contributed by atoms with Crippen molar-refractivity contribution in [3.05, 3.63) is 64.0 Å². The Labute approximate surface area is 138 Å². The van der Waals surface area contributed by atoms with Gasteiger partial charge in [0.05, 0.1) is 11.4 Å². The topological polar surface area (TPSA) is 58.8 Å². The lowest BCUT2D eigenvalue weighted by Crippen LogP contribution is -2.11. The standard InChI is InChI=1S/C16H15ClN4S/c1-10-15(11-4-2-6-13(18)8-11)21(16(22)19-10)20-14-7-3-5-12(17)9-14/h2-9,20H,18H2,1H3,(H,19,22). The number of aromatic nitrogens is 2. The van der Waals surface area contributed by atoms with Gasteiger partial charge in [0.1, 0.15) is 0 Å². The maximum absolute atomic E-state index is 6.03. The zero-order valence-electron chi connectivity index (χ0n) is 11.9. The monoisotopic (exact) mass is 330 g/mol. The molecule has 0 bridgehead atoms. The molecule has 22 heavy (non-hydrogen) atoms. The van der Waals surface area contributed by atoms with Gasteiger partial charge in [-0.05, 0) is 49.5 Å². The Kier molecular flexibility index (Phi) is 3.92. The first-order chi connectivity index (χ1) is 10.5. The third kappa shape index (κ3) is 2.86. The molecule has 4 N–H and O–H groups in total. The first-order valence-corrected chi connectivity index (χ1v) is 7.53. The second-order valence-corrected chi connectivity index (χ2v) is 5.81. The number of benzene rings is 2. The van der Waals surface area contributed by atoms with Crippen LogP contribution in [-0.4, -0.2) is 9.66 Å². The minimum Gasteiger partial charge on any atom is -0.399 e. The van der Waals surface area contributed by atoms with E-state index in [4.69, 9.17) is 29.6 Å². The molecular formula is C16H15ClN4S. The average Bonchev–Trinajstić information content (AvgIpc) is 2.73. The summed E-state index contributed by atoms with van der Waals surface area (Å²) in [5, 5.41) is 0.661. The number of hydrogen-bond donors (Lipinski definition) is 3. The minimum atomic E-state index is 0.579. The van der Waals surface area contributed by atoms with E-state index in [-0.39, 0.29) is 0 Å². The van der Waals surface area contributed by atoms with E-state index in [1.54, 1.807) is 0 Å². The summed E-state index contributed by atoms with van der Waals surface area (Å²) in [6.45, 7) is 1.98. The van der Waals surface area contributed by atoms with Crippen LogP contribution < -0.4 is 11.2 Å². The number of H-pyrrole nitrogens is 1. The third-order valence-corrected chi connectivity index (χ3v) is 3.82. The van der Waals surface area contributed by atoms with Crippen molar-refractivity contribution in [3.8, 4) is 11.3 Å². The Morgan fingerprint density at radius 1 is 1.18 bits per heavy atom. The first kappa shape index (κ1) is 14.7. The van der Waals surface area contributed by atoms with Crippen LogP contribution in [0.4, 0.5) is 11.4 Å². The van der Waals surface area contributed by atoms with Gasteiger partial charge in [-0.2, -0.15) is 0 Å². The number of nitrogens with two attached hydrogens (primary N) is 1. The number of rotatable bonds is 3. The van der Waals surface area contributed by atoms with Crippen LogP contribution in [0.2, 0.25) is 5.02 Å². The highest BCUT2D eigenvalue weighted by Crippen LogP contribution is 2.26. The van der Waals surface area contributed by atoms with E-state index in [2.05, 4.69) is 10.4 Å². The van der Waals surface area contributed by atoms with Crippen molar-refractivity contribution in [2.75, 3.05) is 11.2 Å². The van der Waals surface area contributed by atoms with Crippen LogP contribution in [0.3, 0.4) is 0 Å². The van der Waals surface area contributed by atoms with Gasteiger partial charge in [0.2, 0.25) is 0 Å². The number of nitrogens with zero attached hydrogens (tertiary/aromatic N) is 1. The van der Waals surface area contributed by atoms with E-state index < -0.39 is 0 Å². The molecule has 1 heterocycles. The Bertz CT molecular complexity index is 882. The molecule has 0 spiro atoms. The summed E-state index contributed by atoms with van der Waals surface area (Å²) in [5.41, 5.74) is 13.6. The Balaban J connectivity index is 2.10. The van der Waals surface area contributed by atoms with E-state index >= 15 is 0 Å². The maximum atomic E-state index is 6.03. The van der Waals surface area contributed by atoms with Crippen LogP contribution in [0.25, 0.3) is 11.3 Å². The first-order valence-electron chi connectivity index (χ1n) is 6.75. The predicted molar refractivity (Wildman–Crippen MR) is 94.7 cm³/mol. The molecule has 1 aromatic heterocycles. The molecular weight excluding hydrogens is 316 g/mol. The molecule has 0 aliphatic carbocycles. The quantitative estimate of drug-likeness (QED) is 0.484. The number of nitrogen functional groups attached to an aromatic ring is 1. The van der Waals surface area contributed by atoms with Gasteiger partial charge in [-0.3, -0.25) is 5.43 Å². The minimum absolute atomic E-state index is 0.579. The van der Waals surface area contributed by atoms with Crippen molar-refractivity contribution in [2.24, 2.45) is 0 Å². The van der Waals surface area contributed by atoms with Crippen LogP contribution in [0.5, 0.6) is 0 Å². The summed E-state index contributed by atoms with van der Waals surface area (Å²) in [4.78, 5) is 3.17. The second-order valence-electron chi connectivity index (χ2n) is 4.99. The van der Waals surface area contributed by atoms with Crippen LogP contribution >= 0.6 is 23.8 Å². The molecule has 0 aliphatic rings. The largest absolute Gasteiger partial charge is 0.399 e. The molecule has 0 amide bonds. The predicted octanol–water partition coefficient (Wildman–Crippen LogP) is 4.63. The Morgan fingerprint density at radius 3 is 2.68 bits per heavy atom. The number of nitrogens with one attached hydrogen (secondary N) is 2. The normalized spacial score (nSPS) is 10.6. The fourth-order valence-electron chi connectivity index (χ4n) is 2.37. The van der Waals surface area contributed by atoms with Gasteiger partial charge >= 0.3 is 0 Å². The molecule has 0 fully saturated rings. The van der Waals surface area contributed by atoms with Gasteiger partial charge in [-0.25, -0.2) is 4.68 Å². The number of hydrogen-bond acceptors (Lipinski definition) is 3. The summed E-state index contributed by atoms with van der Waals surface area (Å²) in [6.07, 6.45) is 0. The van der Waals surface area contributed by atoms with Gasteiger partial charge in [0.25, 0.3) is 0 Å². The van der Waals surface area contributed by atoms with Gasteiger partial charge in [0.15, 0.2) is 4.77 Å². The fraction of sp³-hybridized carbons (Fsp3) is 0.0625. The zero-order valence-corrected chi connectivity index (χ0v) is 13.5. The molecule has 0 aliphatic heterocycles. The fourth-order valence-corrected chi connectivity index (χ4v) is 2.85.